The monoisotopic (exact) mass is 626 g/mol. The van der Waals surface area contributed by atoms with Gasteiger partial charge in [0.25, 0.3) is 0 Å². The molecule has 0 radical (unpaired) electrons. The predicted molar refractivity (Wildman–Crippen MR) is 161 cm³/mol. The van der Waals surface area contributed by atoms with Crippen LogP contribution in [-0.2, 0) is 16.8 Å². The second kappa shape index (κ2) is 13.9. The third kappa shape index (κ3) is 8.29. The first-order valence-electron chi connectivity index (χ1n) is 14.0. The SMILES string of the molecule is Br.CC(C)(C)c1cc(C(=O)CN2Cc3ccc(C4CC4)nc3C2=N)cc(OCCCCC(=O)O)c1OCCCC#N. The number of hydrogen-bond donors (Lipinski definition) is 2. The fourth-order valence-electron chi connectivity index (χ4n) is 4.74. The first kappa shape index (κ1) is 32.1. The van der Waals surface area contributed by atoms with E-state index in [1.54, 1.807) is 11.0 Å². The topological polar surface area (TPSA) is 137 Å². The van der Waals surface area contributed by atoms with Crippen LogP contribution >= 0.6 is 17.0 Å². The number of carboxylic acid groups (broad SMARTS) is 1. The molecule has 220 valence electrons. The van der Waals surface area contributed by atoms with Gasteiger partial charge in [-0.05, 0) is 55.7 Å². The number of benzene rings is 1. The van der Waals surface area contributed by atoms with Crippen LogP contribution in [0.15, 0.2) is 24.3 Å². The van der Waals surface area contributed by atoms with Gasteiger partial charge in [-0.2, -0.15) is 5.26 Å². The molecule has 0 atom stereocenters. The first-order chi connectivity index (χ1) is 19.1. The molecule has 0 saturated heterocycles. The standard InChI is InChI=1S/C31H38N4O5.BrH/c1-31(2,3)23-16-22(17-26(29(23)40-15-7-5-13-32)39-14-6-4-8-27(37)38)25(36)19-35-18-21-11-12-24(20-9-10-20)34-28(21)30(35)33;/h11-12,16-17,20,33H,4-10,14-15,18-19H2,1-3H3,(H,37,38);1H. The molecule has 1 aliphatic carbocycles. The summed E-state index contributed by atoms with van der Waals surface area (Å²) >= 11 is 0. The van der Waals surface area contributed by atoms with Crippen LogP contribution in [0.4, 0.5) is 0 Å². The van der Waals surface area contributed by atoms with Crippen molar-refractivity contribution in [3.8, 4) is 17.6 Å². The average Bonchev–Trinajstić information content (AvgIpc) is 3.71. The largest absolute Gasteiger partial charge is 0.490 e. The number of amidine groups is 1. The van der Waals surface area contributed by atoms with Crippen molar-refractivity contribution in [1.29, 1.82) is 10.7 Å². The summed E-state index contributed by atoms with van der Waals surface area (Å²) in [6.07, 6.45) is 4.29. The Morgan fingerprint density at radius 1 is 1.15 bits per heavy atom. The fourth-order valence-corrected chi connectivity index (χ4v) is 4.74. The highest BCUT2D eigenvalue weighted by Gasteiger charge is 2.32. The Hall–Kier alpha value is -3.45. The van der Waals surface area contributed by atoms with Crippen LogP contribution in [-0.4, -0.2) is 52.3 Å². The van der Waals surface area contributed by atoms with Crippen molar-refractivity contribution in [2.75, 3.05) is 19.8 Å². The van der Waals surface area contributed by atoms with Crippen LogP contribution in [0.2, 0.25) is 0 Å². The Morgan fingerprint density at radius 2 is 1.88 bits per heavy atom. The van der Waals surface area contributed by atoms with Crippen molar-refractivity contribution in [2.24, 2.45) is 0 Å². The molecule has 2 N–H and O–H groups in total. The van der Waals surface area contributed by atoms with Gasteiger partial charge in [0.2, 0.25) is 0 Å². The van der Waals surface area contributed by atoms with E-state index in [9.17, 15) is 9.59 Å². The lowest BCUT2D eigenvalue weighted by Gasteiger charge is -2.26. The quantitative estimate of drug-likeness (QED) is 0.187. The predicted octanol–water partition coefficient (Wildman–Crippen LogP) is 6.17. The second-order valence-corrected chi connectivity index (χ2v) is 11.6. The zero-order valence-electron chi connectivity index (χ0n) is 24.0. The Balaban J connectivity index is 0.00000462. The number of ketones is 1. The van der Waals surface area contributed by atoms with Gasteiger partial charge in [0.1, 0.15) is 11.5 Å². The second-order valence-electron chi connectivity index (χ2n) is 11.6. The average molecular weight is 628 g/mol. The maximum Gasteiger partial charge on any atom is 0.303 e. The highest BCUT2D eigenvalue weighted by Crippen LogP contribution is 2.41. The van der Waals surface area contributed by atoms with Gasteiger partial charge in [-0.3, -0.25) is 15.0 Å². The van der Waals surface area contributed by atoms with E-state index >= 15 is 0 Å². The van der Waals surface area contributed by atoms with Crippen LogP contribution in [0.5, 0.6) is 11.5 Å². The van der Waals surface area contributed by atoms with Crippen molar-refractivity contribution in [1.82, 2.24) is 9.88 Å². The van der Waals surface area contributed by atoms with E-state index in [4.69, 9.17) is 30.2 Å². The molecule has 10 heteroatoms. The van der Waals surface area contributed by atoms with E-state index in [-0.39, 0.29) is 53.6 Å². The number of hydrogen-bond acceptors (Lipinski definition) is 7. The molecule has 2 aromatic rings. The van der Waals surface area contributed by atoms with Gasteiger partial charge in [0.15, 0.2) is 17.3 Å². The van der Waals surface area contributed by atoms with Crippen LogP contribution < -0.4 is 9.47 Å². The van der Waals surface area contributed by atoms with Gasteiger partial charge in [0.05, 0.1) is 25.8 Å². The normalized spacial score (nSPS) is 14.2. The van der Waals surface area contributed by atoms with Gasteiger partial charge in [-0.15, -0.1) is 17.0 Å². The number of fused-ring (bicyclic) bond motifs is 1. The number of carbonyl (C=O) groups excluding carboxylic acids is 1. The number of halogens is 1. The molecule has 1 aliphatic heterocycles. The summed E-state index contributed by atoms with van der Waals surface area (Å²) in [5.41, 5.74) is 3.56. The summed E-state index contributed by atoms with van der Waals surface area (Å²) in [4.78, 5) is 31.0. The van der Waals surface area contributed by atoms with Gasteiger partial charge in [-0.1, -0.05) is 26.8 Å². The van der Waals surface area contributed by atoms with Gasteiger partial charge in [0, 0.05) is 47.7 Å². The summed E-state index contributed by atoms with van der Waals surface area (Å²) in [6, 6.07) is 9.72. The molecule has 1 aromatic carbocycles. The maximum atomic E-state index is 13.6. The summed E-state index contributed by atoms with van der Waals surface area (Å²) in [6.45, 7) is 7.22. The number of nitrogens with zero attached hydrogens (tertiary/aromatic N) is 3. The number of carbonyl (C=O) groups is 2. The van der Waals surface area contributed by atoms with Crippen LogP contribution in [0.1, 0.15) is 105 Å². The lowest BCUT2D eigenvalue weighted by atomic mass is 9.84. The molecule has 1 saturated carbocycles. The zero-order chi connectivity index (χ0) is 28.9. The summed E-state index contributed by atoms with van der Waals surface area (Å²) < 4.78 is 12.2. The van der Waals surface area contributed by atoms with Crippen molar-refractivity contribution < 1.29 is 24.2 Å². The lowest BCUT2D eigenvalue weighted by molar-refractivity contribution is -0.137. The number of Topliss-reactive ketones (excluding diaryl/α,β-unsaturated/α-hetero) is 1. The molecule has 1 aromatic heterocycles. The molecular formula is C31H39BrN4O5. The number of unbranched alkanes of at least 4 members (excludes halogenated alkanes) is 2. The molecule has 2 heterocycles. The number of ether oxygens (including phenoxy) is 2. The Labute approximate surface area is 252 Å². The Kier molecular flexibility index (Phi) is 10.9. The molecule has 1 fully saturated rings. The van der Waals surface area contributed by atoms with Crippen molar-refractivity contribution in [2.45, 2.75) is 83.6 Å². The first-order valence-corrected chi connectivity index (χ1v) is 14.0. The molecule has 4 rings (SSSR count). The summed E-state index contributed by atoms with van der Waals surface area (Å²) in [7, 11) is 0. The van der Waals surface area contributed by atoms with E-state index in [1.807, 2.05) is 39.0 Å². The van der Waals surface area contributed by atoms with Crippen molar-refractivity contribution in [3.05, 3.63) is 52.3 Å². The fraction of sp³-hybridized carbons (Fsp3) is 0.516. The summed E-state index contributed by atoms with van der Waals surface area (Å²) in [5, 5.41) is 26.5. The lowest BCUT2D eigenvalue weighted by Crippen LogP contribution is -2.30. The van der Waals surface area contributed by atoms with Crippen LogP contribution in [0.25, 0.3) is 0 Å². The summed E-state index contributed by atoms with van der Waals surface area (Å²) in [5.74, 6) is 0.744. The van der Waals surface area contributed by atoms with E-state index < -0.39 is 5.97 Å². The third-order valence-corrected chi connectivity index (χ3v) is 7.14. The Morgan fingerprint density at radius 3 is 2.54 bits per heavy atom. The van der Waals surface area contributed by atoms with E-state index in [0.29, 0.717) is 67.5 Å². The molecular weight excluding hydrogens is 588 g/mol. The van der Waals surface area contributed by atoms with Crippen molar-refractivity contribution >= 4 is 34.6 Å². The van der Waals surface area contributed by atoms with Gasteiger partial charge in [-0.25, -0.2) is 4.98 Å². The highest BCUT2D eigenvalue weighted by molar-refractivity contribution is 8.93. The van der Waals surface area contributed by atoms with Gasteiger partial charge >= 0.3 is 5.97 Å². The minimum Gasteiger partial charge on any atom is -0.490 e. The highest BCUT2D eigenvalue weighted by atomic mass is 79.9. The number of aliphatic carboxylic acids is 1. The number of carboxylic acids is 1. The van der Waals surface area contributed by atoms with Crippen LogP contribution in [0, 0.1) is 16.7 Å². The smallest absolute Gasteiger partial charge is 0.303 e. The number of nitrogens with one attached hydrogen (secondary N) is 1. The van der Waals surface area contributed by atoms with Crippen molar-refractivity contribution in [3.63, 3.8) is 0 Å². The zero-order valence-corrected chi connectivity index (χ0v) is 25.7. The number of nitriles is 1. The Bertz CT molecular complexity index is 1330. The molecule has 41 heavy (non-hydrogen) atoms. The molecule has 9 nitrogen and oxygen atoms in total. The molecule has 0 unspecified atom stereocenters. The van der Waals surface area contributed by atoms with E-state index in [2.05, 4.69) is 6.07 Å². The minimum absolute atomic E-state index is 0. The maximum absolute atomic E-state index is 13.6. The number of aromatic nitrogens is 1. The molecule has 0 amide bonds. The molecule has 0 bridgehead atoms. The third-order valence-electron chi connectivity index (χ3n) is 7.14. The molecule has 0 spiro atoms. The number of rotatable bonds is 14. The van der Waals surface area contributed by atoms with E-state index in [0.717, 1.165) is 29.7 Å². The van der Waals surface area contributed by atoms with Gasteiger partial charge < -0.3 is 19.5 Å². The molecule has 2 aliphatic rings. The number of pyridine rings is 1. The van der Waals surface area contributed by atoms with E-state index in [1.165, 1.54) is 0 Å². The van der Waals surface area contributed by atoms with Crippen LogP contribution in [0.3, 0.4) is 0 Å². The minimum atomic E-state index is -0.849.